The molecule has 0 aromatic rings. The van der Waals surface area contributed by atoms with Gasteiger partial charge in [0.2, 0.25) is 11.8 Å². The zero-order valence-electron chi connectivity index (χ0n) is 12.4. The summed E-state index contributed by atoms with van der Waals surface area (Å²) in [5.74, 6) is -0.233. The number of carbonyl (C=O) groups is 2. The van der Waals surface area contributed by atoms with E-state index in [-0.39, 0.29) is 30.0 Å². The molecule has 0 spiro atoms. The van der Waals surface area contributed by atoms with Crippen LogP contribution in [0.4, 0.5) is 0 Å². The molecule has 0 aliphatic heterocycles. The van der Waals surface area contributed by atoms with Crippen LogP contribution in [0.15, 0.2) is 0 Å². The van der Waals surface area contributed by atoms with Gasteiger partial charge in [0, 0.05) is 12.6 Å². The van der Waals surface area contributed by atoms with Crippen LogP contribution in [0.2, 0.25) is 0 Å². The van der Waals surface area contributed by atoms with Gasteiger partial charge < -0.3 is 15.0 Å². The Morgan fingerprint density at radius 3 is 2.28 bits per heavy atom. The minimum Gasteiger partial charge on any atom is -0.378 e. The second kappa shape index (κ2) is 7.36. The summed E-state index contributed by atoms with van der Waals surface area (Å²) < 4.78 is 5.30. The van der Waals surface area contributed by atoms with Crippen LogP contribution < -0.4 is 5.32 Å². The van der Waals surface area contributed by atoms with Crippen LogP contribution in [0.1, 0.15) is 41.0 Å². The molecular formula is C13H26N2O3. The summed E-state index contributed by atoms with van der Waals surface area (Å²) in [6.45, 7) is 10.0. The molecule has 0 unspecified atom stereocenters. The molecule has 0 heterocycles. The van der Waals surface area contributed by atoms with E-state index in [2.05, 4.69) is 5.32 Å². The van der Waals surface area contributed by atoms with Gasteiger partial charge >= 0.3 is 0 Å². The molecule has 0 aromatic carbocycles. The molecule has 0 atom stereocenters. The average molecular weight is 258 g/mol. The van der Waals surface area contributed by atoms with Gasteiger partial charge in [-0.05, 0) is 34.6 Å². The third-order valence-corrected chi connectivity index (χ3v) is 2.09. The van der Waals surface area contributed by atoms with Crippen molar-refractivity contribution in [2.24, 2.45) is 0 Å². The van der Waals surface area contributed by atoms with Crippen LogP contribution in [-0.2, 0) is 14.3 Å². The van der Waals surface area contributed by atoms with Crippen molar-refractivity contribution in [3.05, 3.63) is 0 Å². The van der Waals surface area contributed by atoms with Crippen LogP contribution in [0.3, 0.4) is 0 Å². The van der Waals surface area contributed by atoms with Crippen LogP contribution in [0, 0.1) is 0 Å². The van der Waals surface area contributed by atoms with Crippen molar-refractivity contribution < 1.29 is 14.3 Å². The third-order valence-electron chi connectivity index (χ3n) is 2.09. The molecule has 0 saturated heterocycles. The molecule has 0 saturated carbocycles. The predicted molar refractivity (Wildman–Crippen MR) is 71.2 cm³/mol. The monoisotopic (exact) mass is 258 g/mol. The second-order valence-corrected chi connectivity index (χ2v) is 5.72. The molecule has 1 N–H and O–H groups in total. The van der Waals surface area contributed by atoms with Gasteiger partial charge in [-0.3, -0.25) is 9.59 Å². The predicted octanol–water partition coefficient (Wildman–Crippen LogP) is 1.17. The minimum absolute atomic E-state index is 0.0811. The standard InChI is InChI=1S/C13H26N2O3/c1-10(2)18-8-7-12(17)15(6)9-11(16)14-13(3,4)5/h10H,7-9H2,1-6H3,(H,14,16). The average Bonchev–Trinajstić information content (AvgIpc) is 2.13. The molecule has 0 fully saturated rings. The van der Waals surface area contributed by atoms with E-state index in [4.69, 9.17) is 4.74 Å². The first kappa shape index (κ1) is 16.9. The summed E-state index contributed by atoms with van der Waals surface area (Å²) >= 11 is 0. The number of nitrogens with zero attached hydrogens (tertiary/aromatic N) is 1. The molecule has 5 nitrogen and oxygen atoms in total. The fraction of sp³-hybridized carbons (Fsp3) is 0.846. The highest BCUT2D eigenvalue weighted by atomic mass is 16.5. The van der Waals surface area contributed by atoms with Crippen molar-refractivity contribution in [1.82, 2.24) is 10.2 Å². The van der Waals surface area contributed by atoms with E-state index in [1.165, 1.54) is 4.90 Å². The largest absolute Gasteiger partial charge is 0.378 e. The maximum atomic E-state index is 11.7. The molecule has 0 bridgehead atoms. The van der Waals surface area contributed by atoms with Gasteiger partial charge in [0.1, 0.15) is 0 Å². The van der Waals surface area contributed by atoms with E-state index < -0.39 is 0 Å². The third kappa shape index (κ3) is 8.98. The van der Waals surface area contributed by atoms with Gasteiger partial charge in [-0.2, -0.15) is 0 Å². The number of rotatable bonds is 6. The van der Waals surface area contributed by atoms with Gasteiger partial charge in [0.15, 0.2) is 0 Å². The van der Waals surface area contributed by atoms with Crippen molar-refractivity contribution in [2.45, 2.75) is 52.7 Å². The normalized spacial score (nSPS) is 11.5. The van der Waals surface area contributed by atoms with Crippen molar-refractivity contribution in [3.8, 4) is 0 Å². The van der Waals surface area contributed by atoms with Gasteiger partial charge in [-0.1, -0.05) is 0 Å². The Bertz CT molecular complexity index is 282. The highest BCUT2D eigenvalue weighted by molar-refractivity contribution is 5.84. The molecule has 0 radical (unpaired) electrons. The Labute approximate surface area is 110 Å². The lowest BCUT2D eigenvalue weighted by molar-refractivity contribution is -0.136. The van der Waals surface area contributed by atoms with Crippen LogP contribution in [0.5, 0.6) is 0 Å². The van der Waals surface area contributed by atoms with E-state index in [9.17, 15) is 9.59 Å². The molecule has 106 valence electrons. The maximum absolute atomic E-state index is 11.7. The van der Waals surface area contributed by atoms with Crippen molar-refractivity contribution in [3.63, 3.8) is 0 Å². The highest BCUT2D eigenvalue weighted by Crippen LogP contribution is 1.99. The Morgan fingerprint density at radius 1 is 1.28 bits per heavy atom. The van der Waals surface area contributed by atoms with E-state index in [0.29, 0.717) is 13.0 Å². The second-order valence-electron chi connectivity index (χ2n) is 5.72. The van der Waals surface area contributed by atoms with Crippen LogP contribution >= 0.6 is 0 Å². The number of likely N-dealkylation sites (N-methyl/N-ethyl adjacent to an activating group) is 1. The summed E-state index contributed by atoms with van der Waals surface area (Å²) in [6.07, 6.45) is 0.421. The SMILES string of the molecule is CC(C)OCCC(=O)N(C)CC(=O)NC(C)(C)C. The maximum Gasteiger partial charge on any atom is 0.240 e. The number of hydrogen-bond donors (Lipinski definition) is 1. The van der Waals surface area contributed by atoms with Gasteiger partial charge in [0.05, 0.1) is 25.7 Å². The van der Waals surface area contributed by atoms with E-state index in [0.717, 1.165) is 0 Å². The fourth-order valence-electron chi connectivity index (χ4n) is 1.33. The Balaban J connectivity index is 3.97. The lowest BCUT2D eigenvalue weighted by atomic mass is 10.1. The minimum atomic E-state index is -0.276. The number of ether oxygens (including phenoxy) is 1. The Hall–Kier alpha value is -1.10. The van der Waals surface area contributed by atoms with E-state index in [1.807, 2.05) is 34.6 Å². The first-order chi connectivity index (χ1) is 8.11. The summed E-state index contributed by atoms with van der Waals surface area (Å²) in [6, 6.07) is 0. The number of amides is 2. The van der Waals surface area contributed by atoms with Crippen LogP contribution in [0.25, 0.3) is 0 Å². The van der Waals surface area contributed by atoms with E-state index >= 15 is 0 Å². The first-order valence-corrected chi connectivity index (χ1v) is 6.28. The molecule has 2 amide bonds. The smallest absolute Gasteiger partial charge is 0.240 e. The number of carbonyl (C=O) groups excluding carboxylic acids is 2. The fourth-order valence-corrected chi connectivity index (χ4v) is 1.33. The lowest BCUT2D eigenvalue weighted by Crippen LogP contribution is -2.46. The molecule has 0 aromatic heterocycles. The molecule has 0 aliphatic carbocycles. The van der Waals surface area contributed by atoms with Crippen LogP contribution in [-0.4, -0.2) is 48.6 Å². The highest BCUT2D eigenvalue weighted by Gasteiger charge is 2.17. The van der Waals surface area contributed by atoms with Gasteiger partial charge in [-0.25, -0.2) is 0 Å². The topological polar surface area (TPSA) is 58.6 Å². The van der Waals surface area contributed by atoms with Crippen molar-refractivity contribution in [1.29, 1.82) is 0 Å². The first-order valence-electron chi connectivity index (χ1n) is 6.28. The molecular weight excluding hydrogens is 232 g/mol. The molecule has 0 rings (SSSR count). The Morgan fingerprint density at radius 2 is 1.83 bits per heavy atom. The van der Waals surface area contributed by atoms with Gasteiger partial charge in [0.25, 0.3) is 0 Å². The quantitative estimate of drug-likeness (QED) is 0.778. The summed E-state index contributed by atoms with van der Waals surface area (Å²) in [4.78, 5) is 24.7. The summed E-state index contributed by atoms with van der Waals surface area (Å²) in [5, 5.41) is 2.82. The van der Waals surface area contributed by atoms with E-state index in [1.54, 1.807) is 7.05 Å². The van der Waals surface area contributed by atoms with Crippen molar-refractivity contribution >= 4 is 11.8 Å². The molecule has 18 heavy (non-hydrogen) atoms. The zero-order valence-corrected chi connectivity index (χ0v) is 12.4. The van der Waals surface area contributed by atoms with Crippen molar-refractivity contribution in [2.75, 3.05) is 20.2 Å². The molecule has 0 aliphatic rings. The summed E-state index contributed by atoms with van der Waals surface area (Å²) in [5.41, 5.74) is -0.276. The zero-order chi connectivity index (χ0) is 14.3. The van der Waals surface area contributed by atoms with Gasteiger partial charge in [-0.15, -0.1) is 0 Å². The Kier molecular flexibility index (Phi) is 6.91. The molecule has 5 heteroatoms. The summed E-state index contributed by atoms with van der Waals surface area (Å²) in [7, 11) is 1.62. The number of hydrogen-bond acceptors (Lipinski definition) is 3. The number of nitrogens with one attached hydrogen (secondary N) is 1. The lowest BCUT2D eigenvalue weighted by Gasteiger charge is -2.23.